The minimum absolute atomic E-state index is 0.205. The standard InChI is InChI=1S/C12H21N5OS/c1-4-10-13-12(19-14-10)17-7-5-16(6-8-17)11(18)9-15(2)3/h4-9H2,1-3H3. The van der Waals surface area contributed by atoms with E-state index in [1.165, 1.54) is 11.5 Å². The van der Waals surface area contributed by atoms with Gasteiger partial charge in [-0.05, 0) is 14.1 Å². The number of anilines is 1. The van der Waals surface area contributed by atoms with Crippen LogP contribution in [0.5, 0.6) is 0 Å². The van der Waals surface area contributed by atoms with Crippen LogP contribution >= 0.6 is 11.5 Å². The van der Waals surface area contributed by atoms with Crippen molar-refractivity contribution in [2.24, 2.45) is 0 Å². The second kappa shape index (κ2) is 6.29. The van der Waals surface area contributed by atoms with E-state index < -0.39 is 0 Å². The summed E-state index contributed by atoms with van der Waals surface area (Å²) in [6, 6.07) is 0. The maximum Gasteiger partial charge on any atom is 0.236 e. The van der Waals surface area contributed by atoms with Crippen molar-refractivity contribution in [1.29, 1.82) is 0 Å². The fourth-order valence-corrected chi connectivity index (χ4v) is 2.84. The van der Waals surface area contributed by atoms with Crippen molar-refractivity contribution in [2.75, 3.05) is 51.7 Å². The third kappa shape index (κ3) is 3.63. The van der Waals surface area contributed by atoms with Crippen LogP contribution in [-0.2, 0) is 11.2 Å². The molecule has 0 saturated carbocycles. The molecule has 0 bridgehead atoms. The Morgan fingerprint density at radius 3 is 2.53 bits per heavy atom. The van der Waals surface area contributed by atoms with E-state index in [1.807, 2.05) is 23.9 Å². The summed E-state index contributed by atoms with van der Waals surface area (Å²) >= 11 is 1.45. The van der Waals surface area contributed by atoms with Gasteiger partial charge >= 0.3 is 0 Å². The molecule has 0 N–H and O–H groups in total. The molecule has 0 unspecified atom stereocenters. The second-order valence-corrected chi connectivity index (χ2v) is 5.68. The van der Waals surface area contributed by atoms with Gasteiger partial charge in [0.05, 0.1) is 6.54 Å². The lowest BCUT2D eigenvalue weighted by Crippen LogP contribution is -2.50. The van der Waals surface area contributed by atoms with Gasteiger partial charge in [0.2, 0.25) is 11.0 Å². The number of likely N-dealkylation sites (N-methyl/N-ethyl adjacent to an activating group) is 1. The highest BCUT2D eigenvalue weighted by Gasteiger charge is 2.23. The molecule has 1 amide bonds. The summed E-state index contributed by atoms with van der Waals surface area (Å²) in [7, 11) is 3.84. The molecule has 1 fully saturated rings. The zero-order valence-electron chi connectivity index (χ0n) is 11.8. The van der Waals surface area contributed by atoms with Crippen molar-refractivity contribution in [3.63, 3.8) is 0 Å². The van der Waals surface area contributed by atoms with E-state index >= 15 is 0 Å². The Bertz CT molecular complexity index is 426. The normalized spacial score (nSPS) is 16.2. The van der Waals surface area contributed by atoms with Gasteiger partial charge in [0.1, 0.15) is 5.82 Å². The maximum absolute atomic E-state index is 11.9. The Labute approximate surface area is 118 Å². The third-order valence-electron chi connectivity index (χ3n) is 3.13. The molecule has 1 aromatic heterocycles. The van der Waals surface area contributed by atoms with Gasteiger partial charge in [0, 0.05) is 44.1 Å². The first-order valence-corrected chi connectivity index (χ1v) is 7.37. The van der Waals surface area contributed by atoms with Crippen molar-refractivity contribution >= 4 is 22.6 Å². The molecule has 1 aliphatic rings. The lowest BCUT2D eigenvalue weighted by molar-refractivity contribution is -0.132. The fourth-order valence-electron chi connectivity index (χ4n) is 2.03. The van der Waals surface area contributed by atoms with Crippen molar-refractivity contribution in [2.45, 2.75) is 13.3 Å². The van der Waals surface area contributed by atoms with Gasteiger partial charge in [0.15, 0.2) is 0 Å². The molecule has 0 aromatic carbocycles. The van der Waals surface area contributed by atoms with Gasteiger partial charge in [-0.3, -0.25) is 4.79 Å². The minimum atomic E-state index is 0.205. The van der Waals surface area contributed by atoms with Crippen LogP contribution < -0.4 is 4.90 Å². The van der Waals surface area contributed by atoms with E-state index in [0.29, 0.717) is 6.54 Å². The average Bonchev–Trinajstić information content (AvgIpc) is 2.87. The molecule has 19 heavy (non-hydrogen) atoms. The van der Waals surface area contributed by atoms with Gasteiger partial charge in [0.25, 0.3) is 0 Å². The lowest BCUT2D eigenvalue weighted by Gasteiger charge is -2.34. The minimum Gasteiger partial charge on any atom is -0.343 e. The number of nitrogens with zero attached hydrogens (tertiary/aromatic N) is 5. The third-order valence-corrected chi connectivity index (χ3v) is 3.94. The quantitative estimate of drug-likeness (QED) is 0.796. The highest BCUT2D eigenvalue weighted by atomic mass is 32.1. The van der Waals surface area contributed by atoms with Crippen molar-refractivity contribution in [1.82, 2.24) is 19.2 Å². The van der Waals surface area contributed by atoms with Gasteiger partial charge in [-0.25, -0.2) is 4.98 Å². The first-order chi connectivity index (χ1) is 9.10. The number of rotatable bonds is 4. The van der Waals surface area contributed by atoms with Crippen LogP contribution in [0.4, 0.5) is 5.13 Å². The molecule has 1 saturated heterocycles. The SMILES string of the molecule is CCc1nsc(N2CCN(C(=O)CN(C)C)CC2)n1. The molecule has 0 atom stereocenters. The van der Waals surface area contributed by atoms with Crippen LogP contribution in [0.15, 0.2) is 0 Å². The van der Waals surface area contributed by atoms with Crippen molar-refractivity contribution in [3.8, 4) is 0 Å². The summed E-state index contributed by atoms with van der Waals surface area (Å²) < 4.78 is 4.31. The van der Waals surface area contributed by atoms with Gasteiger partial charge in [-0.1, -0.05) is 6.92 Å². The van der Waals surface area contributed by atoms with E-state index in [-0.39, 0.29) is 5.91 Å². The lowest BCUT2D eigenvalue weighted by atomic mass is 10.3. The zero-order chi connectivity index (χ0) is 13.8. The predicted molar refractivity (Wildman–Crippen MR) is 76.6 cm³/mol. The summed E-state index contributed by atoms with van der Waals surface area (Å²) in [6.45, 7) is 5.78. The zero-order valence-corrected chi connectivity index (χ0v) is 12.6. The number of hydrogen-bond donors (Lipinski definition) is 0. The van der Waals surface area contributed by atoms with Crippen LogP contribution in [0, 0.1) is 0 Å². The largest absolute Gasteiger partial charge is 0.343 e. The molecule has 0 radical (unpaired) electrons. The van der Waals surface area contributed by atoms with E-state index in [9.17, 15) is 4.79 Å². The highest BCUT2D eigenvalue weighted by Crippen LogP contribution is 2.19. The Kier molecular flexibility index (Phi) is 4.71. The average molecular weight is 283 g/mol. The van der Waals surface area contributed by atoms with Crippen LogP contribution in [-0.4, -0.2) is 71.9 Å². The Morgan fingerprint density at radius 2 is 2.00 bits per heavy atom. The van der Waals surface area contributed by atoms with E-state index in [1.54, 1.807) is 0 Å². The Balaban J connectivity index is 1.86. The molecule has 1 aliphatic heterocycles. The Hall–Kier alpha value is -1.21. The summed E-state index contributed by atoms with van der Waals surface area (Å²) in [5.41, 5.74) is 0. The maximum atomic E-state index is 11.9. The molecule has 7 heteroatoms. The van der Waals surface area contributed by atoms with E-state index in [2.05, 4.69) is 21.2 Å². The van der Waals surface area contributed by atoms with Crippen LogP contribution in [0.3, 0.4) is 0 Å². The van der Waals surface area contributed by atoms with Crippen molar-refractivity contribution < 1.29 is 4.79 Å². The molecule has 0 aliphatic carbocycles. The molecule has 1 aromatic rings. The molecular weight excluding hydrogens is 262 g/mol. The number of hydrogen-bond acceptors (Lipinski definition) is 6. The van der Waals surface area contributed by atoms with Gasteiger partial charge < -0.3 is 14.7 Å². The number of piperazine rings is 1. The van der Waals surface area contributed by atoms with Crippen molar-refractivity contribution in [3.05, 3.63) is 5.82 Å². The predicted octanol–water partition coefficient (Wildman–Crippen LogP) is 0.311. The number of aryl methyl sites for hydroxylation is 1. The topological polar surface area (TPSA) is 52.6 Å². The summed E-state index contributed by atoms with van der Waals surface area (Å²) in [5, 5.41) is 0.983. The van der Waals surface area contributed by atoms with Crippen LogP contribution in [0.1, 0.15) is 12.7 Å². The number of carbonyl (C=O) groups excluding carboxylic acids is 1. The number of aromatic nitrogens is 2. The molecular formula is C12H21N5OS. The smallest absolute Gasteiger partial charge is 0.236 e. The first-order valence-electron chi connectivity index (χ1n) is 6.60. The van der Waals surface area contributed by atoms with Gasteiger partial charge in [-0.2, -0.15) is 4.37 Å². The molecule has 2 heterocycles. The summed E-state index contributed by atoms with van der Waals surface area (Å²) in [6.07, 6.45) is 0.873. The second-order valence-electron chi connectivity index (χ2n) is 4.95. The van der Waals surface area contributed by atoms with Crippen LogP contribution in [0.25, 0.3) is 0 Å². The molecule has 106 valence electrons. The monoisotopic (exact) mass is 283 g/mol. The van der Waals surface area contributed by atoms with E-state index in [4.69, 9.17) is 0 Å². The first kappa shape index (κ1) is 14.2. The highest BCUT2D eigenvalue weighted by molar-refractivity contribution is 7.09. The Morgan fingerprint density at radius 1 is 1.32 bits per heavy atom. The van der Waals surface area contributed by atoms with Gasteiger partial charge in [-0.15, -0.1) is 0 Å². The summed E-state index contributed by atoms with van der Waals surface area (Å²) in [5.74, 6) is 1.11. The van der Waals surface area contributed by atoms with E-state index in [0.717, 1.165) is 43.6 Å². The molecule has 0 spiro atoms. The molecule has 2 rings (SSSR count). The number of carbonyl (C=O) groups is 1. The molecule has 6 nitrogen and oxygen atoms in total. The fraction of sp³-hybridized carbons (Fsp3) is 0.750. The summed E-state index contributed by atoms with van der Waals surface area (Å²) in [4.78, 5) is 22.5. The number of amides is 1. The van der Waals surface area contributed by atoms with Crippen LogP contribution in [0.2, 0.25) is 0 Å².